The Kier molecular flexibility index (Phi) is 5.23. The predicted molar refractivity (Wildman–Crippen MR) is 83.8 cm³/mol. The zero-order chi connectivity index (χ0) is 15.4. The van der Waals surface area contributed by atoms with Crippen LogP contribution in [0.4, 0.5) is 0 Å². The largest absolute Gasteiger partial charge is 0.508 e. The predicted octanol–water partition coefficient (Wildman–Crippen LogP) is 2.29. The van der Waals surface area contributed by atoms with Crippen molar-refractivity contribution in [3.63, 3.8) is 0 Å². The Balaban J connectivity index is 1.98. The highest BCUT2D eigenvalue weighted by molar-refractivity contribution is 5.76. The van der Waals surface area contributed by atoms with Crippen LogP contribution < -0.4 is 5.73 Å². The highest BCUT2D eigenvalue weighted by Gasteiger charge is 2.23. The molecule has 116 valence electrons. The minimum atomic E-state index is 0.181. The average molecular weight is 290 g/mol. The number of hydrogen-bond donors (Lipinski definition) is 2. The van der Waals surface area contributed by atoms with Gasteiger partial charge in [-0.15, -0.1) is 0 Å². The van der Waals surface area contributed by atoms with Crippen molar-refractivity contribution in [3.05, 3.63) is 29.3 Å². The number of phenols is 1. The van der Waals surface area contributed by atoms with E-state index >= 15 is 0 Å². The number of fused-ring (bicyclic) bond motifs is 1. The first-order valence-electron chi connectivity index (χ1n) is 7.78. The Hall–Kier alpha value is -1.55. The molecule has 1 heterocycles. The fourth-order valence-electron chi connectivity index (χ4n) is 3.06. The van der Waals surface area contributed by atoms with E-state index in [1.54, 1.807) is 12.1 Å². The van der Waals surface area contributed by atoms with Gasteiger partial charge in [-0.1, -0.05) is 19.9 Å². The van der Waals surface area contributed by atoms with Crippen molar-refractivity contribution in [2.75, 3.05) is 13.1 Å². The van der Waals surface area contributed by atoms with Crippen LogP contribution in [0.1, 0.15) is 37.8 Å². The lowest BCUT2D eigenvalue weighted by Crippen LogP contribution is -2.37. The van der Waals surface area contributed by atoms with E-state index in [0.29, 0.717) is 25.4 Å². The summed E-state index contributed by atoms with van der Waals surface area (Å²) in [4.78, 5) is 14.3. The van der Waals surface area contributed by atoms with Crippen molar-refractivity contribution in [1.29, 1.82) is 0 Å². The second-order valence-electron chi connectivity index (χ2n) is 6.45. The Morgan fingerprint density at radius 3 is 2.81 bits per heavy atom. The van der Waals surface area contributed by atoms with Gasteiger partial charge in [-0.3, -0.25) is 4.79 Å². The molecule has 1 aromatic carbocycles. The molecular formula is C17H26N2O2. The SMILES string of the molecule is CC(C)CC(CN)CC(=O)N1CCc2ccc(O)cc2C1. The number of amides is 1. The smallest absolute Gasteiger partial charge is 0.223 e. The van der Waals surface area contributed by atoms with E-state index in [4.69, 9.17) is 5.73 Å². The van der Waals surface area contributed by atoms with Gasteiger partial charge < -0.3 is 15.7 Å². The maximum atomic E-state index is 12.5. The summed E-state index contributed by atoms with van der Waals surface area (Å²) in [6.07, 6.45) is 2.38. The number of nitrogens with two attached hydrogens (primary N) is 1. The highest BCUT2D eigenvalue weighted by atomic mass is 16.3. The zero-order valence-corrected chi connectivity index (χ0v) is 13.0. The van der Waals surface area contributed by atoms with E-state index in [1.807, 2.05) is 11.0 Å². The van der Waals surface area contributed by atoms with Crippen LogP contribution in [-0.4, -0.2) is 29.0 Å². The Morgan fingerprint density at radius 2 is 2.14 bits per heavy atom. The van der Waals surface area contributed by atoms with Gasteiger partial charge in [-0.05, 0) is 54.5 Å². The summed E-state index contributed by atoms with van der Waals surface area (Å²) in [5, 5.41) is 9.58. The van der Waals surface area contributed by atoms with Gasteiger partial charge in [0.15, 0.2) is 0 Å². The third kappa shape index (κ3) is 4.21. The molecule has 4 nitrogen and oxygen atoms in total. The van der Waals surface area contributed by atoms with Crippen LogP contribution in [0.25, 0.3) is 0 Å². The van der Waals surface area contributed by atoms with Gasteiger partial charge in [0.1, 0.15) is 5.75 Å². The summed E-state index contributed by atoms with van der Waals surface area (Å²) < 4.78 is 0. The normalized spacial score (nSPS) is 15.9. The molecule has 4 heteroatoms. The van der Waals surface area contributed by atoms with Crippen molar-refractivity contribution in [2.24, 2.45) is 17.6 Å². The molecule has 21 heavy (non-hydrogen) atoms. The number of nitrogens with zero attached hydrogens (tertiary/aromatic N) is 1. The van der Waals surface area contributed by atoms with Crippen molar-refractivity contribution in [3.8, 4) is 5.75 Å². The number of benzene rings is 1. The number of aromatic hydroxyl groups is 1. The van der Waals surface area contributed by atoms with Gasteiger partial charge in [-0.25, -0.2) is 0 Å². The third-order valence-electron chi connectivity index (χ3n) is 4.16. The van der Waals surface area contributed by atoms with Crippen LogP contribution >= 0.6 is 0 Å². The van der Waals surface area contributed by atoms with Crippen LogP contribution in [0.3, 0.4) is 0 Å². The molecule has 0 saturated carbocycles. The lowest BCUT2D eigenvalue weighted by molar-refractivity contribution is -0.133. The lowest BCUT2D eigenvalue weighted by atomic mass is 9.93. The maximum Gasteiger partial charge on any atom is 0.223 e. The van der Waals surface area contributed by atoms with Crippen LogP contribution in [0, 0.1) is 11.8 Å². The first kappa shape index (κ1) is 15.8. The molecule has 0 bridgehead atoms. The number of carbonyl (C=O) groups excluding carboxylic acids is 1. The lowest BCUT2D eigenvalue weighted by Gasteiger charge is -2.30. The van der Waals surface area contributed by atoms with E-state index in [1.165, 1.54) is 5.56 Å². The molecule has 1 atom stereocenters. The Morgan fingerprint density at radius 1 is 1.38 bits per heavy atom. The molecule has 1 amide bonds. The molecule has 0 saturated heterocycles. The van der Waals surface area contributed by atoms with Crippen LogP contribution in [0.2, 0.25) is 0 Å². The molecule has 0 fully saturated rings. The Labute approximate surface area is 126 Å². The van der Waals surface area contributed by atoms with E-state index in [-0.39, 0.29) is 17.6 Å². The van der Waals surface area contributed by atoms with Crippen molar-refractivity contribution >= 4 is 5.91 Å². The van der Waals surface area contributed by atoms with Crippen LogP contribution in [-0.2, 0) is 17.8 Å². The van der Waals surface area contributed by atoms with E-state index < -0.39 is 0 Å². The summed E-state index contributed by atoms with van der Waals surface area (Å²) in [5.41, 5.74) is 8.08. The second-order valence-corrected chi connectivity index (χ2v) is 6.45. The van der Waals surface area contributed by atoms with Gasteiger partial charge in [0.25, 0.3) is 0 Å². The molecule has 0 aromatic heterocycles. The molecule has 0 aliphatic carbocycles. The second kappa shape index (κ2) is 6.94. The van der Waals surface area contributed by atoms with E-state index in [0.717, 1.165) is 24.9 Å². The molecule has 0 spiro atoms. The minimum absolute atomic E-state index is 0.181. The third-order valence-corrected chi connectivity index (χ3v) is 4.16. The summed E-state index contributed by atoms with van der Waals surface area (Å²) >= 11 is 0. The molecule has 1 aliphatic heterocycles. The van der Waals surface area contributed by atoms with Gasteiger partial charge >= 0.3 is 0 Å². The molecular weight excluding hydrogens is 264 g/mol. The average Bonchev–Trinajstić information content (AvgIpc) is 2.45. The van der Waals surface area contributed by atoms with E-state index in [9.17, 15) is 9.90 Å². The van der Waals surface area contributed by atoms with Gasteiger partial charge in [-0.2, -0.15) is 0 Å². The number of carbonyl (C=O) groups is 1. The molecule has 1 aliphatic rings. The fourth-order valence-corrected chi connectivity index (χ4v) is 3.06. The molecule has 2 rings (SSSR count). The standard InChI is InChI=1S/C17H26N2O2/c1-12(2)7-13(10-18)8-17(21)19-6-5-14-3-4-16(20)9-15(14)11-19/h3-4,9,12-13,20H,5-8,10-11,18H2,1-2H3. The zero-order valence-electron chi connectivity index (χ0n) is 13.0. The summed E-state index contributed by atoms with van der Waals surface area (Å²) in [6, 6.07) is 5.43. The Bertz CT molecular complexity index is 500. The summed E-state index contributed by atoms with van der Waals surface area (Å²) in [5.74, 6) is 1.27. The quantitative estimate of drug-likeness (QED) is 0.874. The van der Waals surface area contributed by atoms with Gasteiger partial charge in [0.2, 0.25) is 5.91 Å². The van der Waals surface area contributed by atoms with Crippen molar-refractivity contribution in [2.45, 2.75) is 39.7 Å². The minimum Gasteiger partial charge on any atom is -0.508 e. The van der Waals surface area contributed by atoms with Gasteiger partial charge in [0.05, 0.1) is 0 Å². The topological polar surface area (TPSA) is 66.6 Å². The monoisotopic (exact) mass is 290 g/mol. The first-order valence-corrected chi connectivity index (χ1v) is 7.78. The van der Waals surface area contributed by atoms with Crippen LogP contribution in [0.15, 0.2) is 18.2 Å². The van der Waals surface area contributed by atoms with Crippen molar-refractivity contribution in [1.82, 2.24) is 4.90 Å². The number of phenolic OH excluding ortho intramolecular Hbond substituents is 1. The van der Waals surface area contributed by atoms with Crippen molar-refractivity contribution < 1.29 is 9.90 Å². The van der Waals surface area contributed by atoms with Gasteiger partial charge in [0, 0.05) is 19.5 Å². The molecule has 1 aromatic rings. The fraction of sp³-hybridized carbons (Fsp3) is 0.588. The molecule has 0 radical (unpaired) electrons. The molecule has 1 unspecified atom stereocenters. The summed E-state index contributed by atoms with van der Waals surface area (Å²) in [7, 11) is 0. The number of hydrogen-bond acceptors (Lipinski definition) is 3. The first-order chi connectivity index (χ1) is 9.99. The van der Waals surface area contributed by atoms with E-state index in [2.05, 4.69) is 13.8 Å². The summed E-state index contributed by atoms with van der Waals surface area (Å²) in [6.45, 7) is 6.24. The van der Waals surface area contributed by atoms with Crippen LogP contribution in [0.5, 0.6) is 5.75 Å². The molecule has 3 N–H and O–H groups in total. The highest BCUT2D eigenvalue weighted by Crippen LogP contribution is 2.24. The maximum absolute atomic E-state index is 12.5. The number of rotatable bonds is 5.